The van der Waals surface area contributed by atoms with E-state index in [4.69, 9.17) is 0 Å². The van der Waals surface area contributed by atoms with Crippen molar-refractivity contribution < 1.29 is 4.79 Å². The van der Waals surface area contributed by atoms with Gasteiger partial charge in [-0.1, -0.05) is 24.3 Å². The van der Waals surface area contributed by atoms with Gasteiger partial charge in [-0.05, 0) is 44.0 Å². The van der Waals surface area contributed by atoms with E-state index in [0.717, 1.165) is 41.7 Å². The Hall–Kier alpha value is -2.95. The predicted molar refractivity (Wildman–Crippen MR) is 98.4 cm³/mol. The molecule has 0 bridgehead atoms. The molecule has 3 aromatic rings. The van der Waals surface area contributed by atoms with Crippen molar-refractivity contribution in [1.82, 2.24) is 14.9 Å². The molecule has 1 atom stereocenters. The maximum Gasteiger partial charge on any atom is 0.322 e. The second-order valence-electron chi connectivity index (χ2n) is 6.40. The average Bonchev–Trinajstić information content (AvgIpc) is 3.11. The second kappa shape index (κ2) is 6.51. The van der Waals surface area contributed by atoms with Gasteiger partial charge >= 0.3 is 6.03 Å². The van der Waals surface area contributed by atoms with Gasteiger partial charge in [0.15, 0.2) is 0 Å². The molecular formula is C20H20N4O. The minimum atomic E-state index is -0.0945. The Balaban J connectivity index is 1.54. The lowest BCUT2D eigenvalue weighted by atomic mass is 10.1. The van der Waals surface area contributed by atoms with Crippen molar-refractivity contribution in [2.75, 3.05) is 11.9 Å². The van der Waals surface area contributed by atoms with Crippen LogP contribution in [0.1, 0.15) is 30.3 Å². The number of anilines is 1. The molecule has 5 heteroatoms. The highest BCUT2D eigenvalue weighted by molar-refractivity contribution is 5.92. The van der Waals surface area contributed by atoms with Crippen LogP contribution in [0.2, 0.25) is 0 Å². The molecule has 1 aliphatic heterocycles. The van der Waals surface area contributed by atoms with Crippen LogP contribution in [0, 0.1) is 6.92 Å². The summed E-state index contributed by atoms with van der Waals surface area (Å²) in [4.78, 5) is 23.7. The predicted octanol–water partition coefficient (Wildman–Crippen LogP) is 4.31. The van der Waals surface area contributed by atoms with Crippen LogP contribution in [0.3, 0.4) is 0 Å². The number of fused-ring (bicyclic) bond motifs is 1. The number of hydrogen-bond donors (Lipinski definition) is 1. The first-order valence-electron chi connectivity index (χ1n) is 8.57. The Labute approximate surface area is 146 Å². The minimum absolute atomic E-state index is 0.0355. The fraction of sp³-hybridized carbons (Fsp3) is 0.250. The standard InChI is InChI=1S/C20H20N4O/c1-14-6-4-9-18(22-14)19-10-5-11-24(19)20(25)23-16-12-15-7-2-3-8-17(15)21-13-16/h2-4,6-9,12-13,19H,5,10-11H2,1H3,(H,23,25)/t19-/m0/s1. The number of aromatic nitrogens is 2. The number of rotatable bonds is 2. The summed E-state index contributed by atoms with van der Waals surface area (Å²) >= 11 is 0. The number of urea groups is 1. The van der Waals surface area contributed by atoms with Crippen molar-refractivity contribution in [3.05, 3.63) is 66.1 Å². The van der Waals surface area contributed by atoms with E-state index in [-0.39, 0.29) is 12.1 Å². The number of aryl methyl sites for hydroxylation is 1. The van der Waals surface area contributed by atoms with E-state index in [1.54, 1.807) is 6.20 Å². The van der Waals surface area contributed by atoms with E-state index in [2.05, 4.69) is 15.3 Å². The minimum Gasteiger partial charge on any atom is -0.316 e. The molecule has 0 spiro atoms. The van der Waals surface area contributed by atoms with Crippen LogP contribution < -0.4 is 5.32 Å². The van der Waals surface area contributed by atoms with Crippen molar-refractivity contribution in [2.45, 2.75) is 25.8 Å². The molecule has 1 N–H and O–H groups in total. The number of benzene rings is 1. The first kappa shape index (κ1) is 15.6. The van der Waals surface area contributed by atoms with Gasteiger partial charge in [-0.25, -0.2) is 4.79 Å². The van der Waals surface area contributed by atoms with Crippen molar-refractivity contribution in [3.63, 3.8) is 0 Å². The Bertz CT molecular complexity index is 924. The van der Waals surface area contributed by atoms with Crippen LogP contribution in [0.25, 0.3) is 10.9 Å². The van der Waals surface area contributed by atoms with Crippen LogP contribution >= 0.6 is 0 Å². The zero-order chi connectivity index (χ0) is 17.2. The largest absolute Gasteiger partial charge is 0.322 e. The van der Waals surface area contributed by atoms with Gasteiger partial charge < -0.3 is 10.2 Å². The van der Waals surface area contributed by atoms with Gasteiger partial charge in [0.05, 0.1) is 29.1 Å². The lowest BCUT2D eigenvalue weighted by molar-refractivity contribution is 0.206. The molecule has 1 fully saturated rings. The first-order valence-corrected chi connectivity index (χ1v) is 8.57. The topological polar surface area (TPSA) is 58.1 Å². The number of amides is 2. The SMILES string of the molecule is Cc1cccc([C@@H]2CCCN2C(=O)Nc2cnc3ccccc3c2)n1. The third kappa shape index (κ3) is 3.18. The summed E-state index contributed by atoms with van der Waals surface area (Å²) in [6, 6.07) is 15.7. The molecule has 1 saturated heterocycles. The highest BCUT2D eigenvalue weighted by Crippen LogP contribution is 2.31. The summed E-state index contributed by atoms with van der Waals surface area (Å²) in [5, 5.41) is 4.00. The Morgan fingerprint density at radius 2 is 2.08 bits per heavy atom. The van der Waals surface area contributed by atoms with E-state index in [0.29, 0.717) is 5.69 Å². The lowest BCUT2D eigenvalue weighted by Gasteiger charge is -2.24. The average molecular weight is 332 g/mol. The molecule has 3 heterocycles. The molecule has 1 aliphatic rings. The molecule has 0 aliphatic carbocycles. The third-order valence-corrected chi connectivity index (χ3v) is 4.61. The number of nitrogens with one attached hydrogen (secondary N) is 1. The monoisotopic (exact) mass is 332 g/mol. The van der Waals surface area contributed by atoms with E-state index in [1.807, 2.05) is 60.4 Å². The zero-order valence-electron chi connectivity index (χ0n) is 14.1. The van der Waals surface area contributed by atoms with Crippen LogP contribution in [0.5, 0.6) is 0 Å². The van der Waals surface area contributed by atoms with Gasteiger partial charge in [-0.15, -0.1) is 0 Å². The lowest BCUT2D eigenvalue weighted by Crippen LogP contribution is -2.34. The summed E-state index contributed by atoms with van der Waals surface area (Å²) in [7, 11) is 0. The summed E-state index contributed by atoms with van der Waals surface area (Å²) in [6.07, 6.45) is 3.64. The maximum atomic E-state index is 12.8. The number of carbonyl (C=O) groups is 1. The van der Waals surface area contributed by atoms with Gasteiger partial charge in [0.25, 0.3) is 0 Å². The first-order chi connectivity index (χ1) is 12.2. The number of carbonyl (C=O) groups excluding carboxylic acids is 1. The number of nitrogens with zero attached hydrogens (tertiary/aromatic N) is 3. The number of para-hydroxylation sites is 1. The number of likely N-dealkylation sites (tertiary alicyclic amines) is 1. The van der Waals surface area contributed by atoms with E-state index >= 15 is 0 Å². The van der Waals surface area contributed by atoms with Crippen LogP contribution in [0.4, 0.5) is 10.5 Å². The number of pyridine rings is 2. The summed E-state index contributed by atoms with van der Waals surface area (Å²) in [6.45, 7) is 2.72. The Morgan fingerprint density at radius 1 is 1.20 bits per heavy atom. The highest BCUT2D eigenvalue weighted by Gasteiger charge is 2.31. The molecule has 5 nitrogen and oxygen atoms in total. The Morgan fingerprint density at radius 3 is 2.96 bits per heavy atom. The molecule has 4 rings (SSSR count). The van der Waals surface area contributed by atoms with Crippen molar-refractivity contribution >= 4 is 22.6 Å². The fourth-order valence-electron chi connectivity index (χ4n) is 3.40. The third-order valence-electron chi connectivity index (χ3n) is 4.61. The van der Waals surface area contributed by atoms with E-state index < -0.39 is 0 Å². The van der Waals surface area contributed by atoms with Gasteiger partial charge in [-0.3, -0.25) is 9.97 Å². The summed E-state index contributed by atoms with van der Waals surface area (Å²) in [5.74, 6) is 0. The molecule has 25 heavy (non-hydrogen) atoms. The number of hydrogen-bond acceptors (Lipinski definition) is 3. The molecule has 2 amide bonds. The molecule has 0 radical (unpaired) electrons. The van der Waals surface area contributed by atoms with Crippen molar-refractivity contribution in [3.8, 4) is 0 Å². The maximum absolute atomic E-state index is 12.8. The summed E-state index contributed by atoms with van der Waals surface area (Å²) < 4.78 is 0. The molecule has 2 aromatic heterocycles. The van der Waals surface area contributed by atoms with Gasteiger partial charge in [-0.2, -0.15) is 0 Å². The summed E-state index contributed by atoms with van der Waals surface area (Å²) in [5.41, 5.74) is 3.57. The zero-order valence-corrected chi connectivity index (χ0v) is 14.1. The van der Waals surface area contributed by atoms with E-state index in [9.17, 15) is 4.79 Å². The van der Waals surface area contributed by atoms with Crippen molar-refractivity contribution in [2.24, 2.45) is 0 Å². The van der Waals surface area contributed by atoms with Crippen LogP contribution in [0.15, 0.2) is 54.7 Å². The van der Waals surface area contributed by atoms with Gasteiger partial charge in [0.1, 0.15) is 0 Å². The van der Waals surface area contributed by atoms with Gasteiger partial charge in [0.2, 0.25) is 0 Å². The molecule has 0 unspecified atom stereocenters. The van der Waals surface area contributed by atoms with Crippen LogP contribution in [-0.4, -0.2) is 27.4 Å². The second-order valence-corrected chi connectivity index (χ2v) is 6.40. The smallest absolute Gasteiger partial charge is 0.316 e. The van der Waals surface area contributed by atoms with Gasteiger partial charge in [0, 0.05) is 17.6 Å². The molecular weight excluding hydrogens is 312 g/mol. The van der Waals surface area contributed by atoms with Crippen molar-refractivity contribution in [1.29, 1.82) is 0 Å². The normalized spacial score (nSPS) is 17.0. The Kier molecular flexibility index (Phi) is 4.06. The molecule has 1 aromatic carbocycles. The molecule has 126 valence electrons. The quantitative estimate of drug-likeness (QED) is 0.761. The molecule has 0 saturated carbocycles. The van der Waals surface area contributed by atoms with Crippen LogP contribution in [-0.2, 0) is 0 Å². The van der Waals surface area contributed by atoms with E-state index in [1.165, 1.54) is 0 Å². The highest BCUT2D eigenvalue weighted by atomic mass is 16.2. The fourth-order valence-corrected chi connectivity index (χ4v) is 3.40.